The molecule has 3 fully saturated rings. The number of aromatic nitrogens is 4. The molecule has 2 aromatic heterocycles. The monoisotopic (exact) mass is 408 g/mol. The molecule has 1 amide bonds. The predicted octanol–water partition coefficient (Wildman–Crippen LogP) is 2.66. The molecule has 10 heteroatoms. The molecule has 2 saturated carbocycles. The molecule has 2 aliphatic carbocycles. The number of carbonyl (C=O) groups is 1. The van der Waals surface area contributed by atoms with Crippen molar-refractivity contribution in [1.29, 1.82) is 0 Å². The molecular formula is C19H23F3N6O. The summed E-state index contributed by atoms with van der Waals surface area (Å²) < 4.78 is 40.0. The Morgan fingerprint density at radius 2 is 1.69 bits per heavy atom. The summed E-state index contributed by atoms with van der Waals surface area (Å²) in [6, 6.07) is 3.49. The summed E-state index contributed by atoms with van der Waals surface area (Å²) in [6.07, 6.45) is 1.60. The fourth-order valence-electron chi connectivity index (χ4n) is 4.31. The number of amides is 1. The van der Waals surface area contributed by atoms with Crippen LogP contribution in [0.5, 0.6) is 0 Å². The first-order valence-corrected chi connectivity index (χ1v) is 10.2. The molecule has 5 rings (SSSR count). The zero-order chi connectivity index (χ0) is 20.2. The van der Waals surface area contributed by atoms with Gasteiger partial charge in [0.15, 0.2) is 5.65 Å². The van der Waals surface area contributed by atoms with Gasteiger partial charge in [-0.15, -0.1) is 15.3 Å². The summed E-state index contributed by atoms with van der Waals surface area (Å²) in [4.78, 5) is 14.6. The van der Waals surface area contributed by atoms with Crippen LogP contribution in [0, 0.1) is 17.8 Å². The number of anilines is 1. The van der Waals surface area contributed by atoms with Gasteiger partial charge in [-0.3, -0.25) is 4.79 Å². The van der Waals surface area contributed by atoms with Crippen molar-refractivity contribution in [2.45, 2.75) is 50.7 Å². The summed E-state index contributed by atoms with van der Waals surface area (Å²) in [5, 5.41) is 14.1. The van der Waals surface area contributed by atoms with E-state index in [0.29, 0.717) is 49.6 Å². The molecule has 1 N–H and O–H groups in total. The summed E-state index contributed by atoms with van der Waals surface area (Å²) in [5.74, 6) is 0.721. The number of nitrogens with zero attached hydrogens (tertiary/aromatic N) is 5. The first kappa shape index (κ1) is 18.6. The molecule has 29 heavy (non-hydrogen) atoms. The van der Waals surface area contributed by atoms with Crippen LogP contribution < -0.4 is 10.2 Å². The summed E-state index contributed by atoms with van der Waals surface area (Å²) in [6.45, 7) is 1.16. The first-order chi connectivity index (χ1) is 13.9. The highest BCUT2D eigenvalue weighted by Crippen LogP contribution is 2.44. The number of rotatable bonds is 5. The average molecular weight is 408 g/mol. The maximum absolute atomic E-state index is 13.1. The third kappa shape index (κ3) is 3.76. The highest BCUT2D eigenvalue weighted by molar-refractivity contribution is 5.79. The maximum Gasteiger partial charge on any atom is 0.453 e. The van der Waals surface area contributed by atoms with Crippen LogP contribution >= 0.6 is 0 Å². The molecule has 0 unspecified atom stereocenters. The zero-order valence-corrected chi connectivity index (χ0v) is 15.9. The van der Waals surface area contributed by atoms with Gasteiger partial charge in [0.25, 0.3) is 5.82 Å². The second kappa shape index (κ2) is 6.84. The smallest absolute Gasteiger partial charge is 0.355 e. The van der Waals surface area contributed by atoms with E-state index in [0.717, 1.165) is 4.52 Å². The van der Waals surface area contributed by atoms with Crippen molar-refractivity contribution in [3.05, 3.63) is 18.0 Å². The molecular weight excluding hydrogens is 385 g/mol. The van der Waals surface area contributed by atoms with E-state index in [4.69, 9.17) is 0 Å². The Balaban J connectivity index is 1.24. The summed E-state index contributed by atoms with van der Waals surface area (Å²) in [5.41, 5.74) is 0.0570. The van der Waals surface area contributed by atoms with Gasteiger partial charge in [-0.25, -0.2) is 0 Å². The predicted molar refractivity (Wildman–Crippen MR) is 98.1 cm³/mol. The second-order valence-electron chi connectivity index (χ2n) is 8.45. The number of nitrogens with one attached hydrogen (secondary N) is 1. The summed E-state index contributed by atoms with van der Waals surface area (Å²) in [7, 11) is 0. The third-order valence-corrected chi connectivity index (χ3v) is 6.26. The van der Waals surface area contributed by atoms with E-state index in [2.05, 4.69) is 20.6 Å². The Morgan fingerprint density at radius 1 is 1.03 bits per heavy atom. The van der Waals surface area contributed by atoms with Gasteiger partial charge in [0, 0.05) is 25.0 Å². The molecule has 0 spiro atoms. The van der Waals surface area contributed by atoms with Gasteiger partial charge in [0.05, 0.1) is 0 Å². The molecule has 3 heterocycles. The van der Waals surface area contributed by atoms with Crippen LogP contribution in [0.4, 0.5) is 19.0 Å². The molecule has 156 valence electrons. The minimum Gasteiger partial charge on any atom is -0.355 e. The van der Waals surface area contributed by atoms with E-state index in [9.17, 15) is 18.0 Å². The lowest BCUT2D eigenvalue weighted by Crippen LogP contribution is -2.45. The second-order valence-corrected chi connectivity index (χ2v) is 8.45. The molecule has 1 aliphatic heterocycles. The van der Waals surface area contributed by atoms with Crippen molar-refractivity contribution in [2.75, 3.05) is 18.0 Å². The molecule has 3 aliphatic rings. The number of carbonyl (C=O) groups excluding carboxylic acids is 1. The molecule has 0 radical (unpaired) electrons. The van der Waals surface area contributed by atoms with Gasteiger partial charge in [-0.1, -0.05) is 0 Å². The fraction of sp³-hybridized carbons (Fsp3) is 0.684. The quantitative estimate of drug-likeness (QED) is 0.823. The van der Waals surface area contributed by atoms with E-state index in [1.807, 2.05) is 4.90 Å². The Hall–Kier alpha value is -2.39. The Kier molecular flexibility index (Phi) is 4.40. The van der Waals surface area contributed by atoms with Gasteiger partial charge in [-0.2, -0.15) is 17.7 Å². The standard InChI is InChI=1S/C19H23F3N6O/c20-19(21,22)18-25-24-14-5-6-15(26-28(14)18)27-9-7-13(8-10-27)17(29)23-16(11-1-2-11)12-3-4-12/h5-6,11-13,16H,1-4,7-10H2,(H,23,29). The van der Waals surface area contributed by atoms with Crippen LogP contribution in [0.15, 0.2) is 12.1 Å². The fourth-order valence-corrected chi connectivity index (χ4v) is 4.31. The lowest BCUT2D eigenvalue weighted by Gasteiger charge is -2.33. The third-order valence-electron chi connectivity index (χ3n) is 6.26. The van der Waals surface area contributed by atoms with Crippen LogP contribution in [0.2, 0.25) is 0 Å². The molecule has 0 aromatic carbocycles. The largest absolute Gasteiger partial charge is 0.453 e. The Bertz CT molecular complexity index is 900. The topological polar surface area (TPSA) is 75.4 Å². The number of fused-ring (bicyclic) bond motifs is 1. The van der Waals surface area contributed by atoms with E-state index < -0.39 is 12.0 Å². The number of alkyl halides is 3. The normalized spacial score (nSPS) is 21.2. The number of piperidine rings is 1. The lowest BCUT2D eigenvalue weighted by atomic mass is 9.94. The van der Waals surface area contributed by atoms with Gasteiger partial charge in [0.2, 0.25) is 5.91 Å². The van der Waals surface area contributed by atoms with Crippen molar-refractivity contribution in [3.8, 4) is 0 Å². The molecule has 1 saturated heterocycles. The van der Waals surface area contributed by atoms with Crippen molar-refractivity contribution in [3.63, 3.8) is 0 Å². The van der Waals surface area contributed by atoms with Crippen molar-refractivity contribution in [1.82, 2.24) is 25.1 Å². The minimum atomic E-state index is -4.62. The van der Waals surface area contributed by atoms with E-state index in [-0.39, 0.29) is 17.5 Å². The average Bonchev–Trinajstić information content (AvgIpc) is 3.62. The number of halogens is 3. The maximum atomic E-state index is 13.1. The molecule has 0 bridgehead atoms. The Morgan fingerprint density at radius 3 is 2.28 bits per heavy atom. The Labute approximate surface area is 165 Å². The van der Waals surface area contributed by atoms with Crippen LogP contribution in [0.25, 0.3) is 5.65 Å². The minimum absolute atomic E-state index is 0.0457. The first-order valence-electron chi connectivity index (χ1n) is 10.2. The van der Waals surface area contributed by atoms with Gasteiger partial charge >= 0.3 is 6.18 Å². The molecule has 7 nitrogen and oxygen atoms in total. The number of hydrogen-bond donors (Lipinski definition) is 1. The van der Waals surface area contributed by atoms with Crippen molar-refractivity contribution >= 4 is 17.4 Å². The molecule has 2 aromatic rings. The van der Waals surface area contributed by atoms with E-state index in [1.54, 1.807) is 6.07 Å². The number of hydrogen-bond acceptors (Lipinski definition) is 5. The molecule has 0 atom stereocenters. The van der Waals surface area contributed by atoms with Crippen LogP contribution in [0.1, 0.15) is 44.3 Å². The van der Waals surface area contributed by atoms with Gasteiger partial charge < -0.3 is 10.2 Å². The highest BCUT2D eigenvalue weighted by Gasteiger charge is 2.43. The van der Waals surface area contributed by atoms with Gasteiger partial charge in [0.1, 0.15) is 5.82 Å². The lowest BCUT2D eigenvalue weighted by molar-refractivity contribution is -0.146. The van der Waals surface area contributed by atoms with Gasteiger partial charge in [-0.05, 0) is 62.5 Å². The van der Waals surface area contributed by atoms with Crippen molar-refractivity contribution in [2.24, 2.45) is 17.8 Å². The van der Waals surface area contributed by atoms with E-state index in [1.165, 1.54) is 31.7 Å². The summed E-state index contributed by atoms with van der Waals surface area (Å²) >= 11 is 0. The van der Waals surface area contributed by atoms with E-state index >= 15 is 0 Å². The zero-order valence-electron chi connectivity index (χ0n) is 15.9. The SMILES string of the molecule is O=C(NC(C1CC1)C1CC1)C1CCN(c2ccc3nnc(C(F)(F)F)n3n2)CC1. The highest BCUT2D eigenvalue weighted by atomic mass is 19.4. The van der Waals surface area contributed by atoms with Crippen LogP contribution in [-0.2, 0) is 11.0 Å². The van der Waals surface area contributed by atoms with Crippen LogP contribution in [-0.4, -0.2) is 44.8 Å². The van der Waals surface area contributed by atoms with Crippen molar-refractivity contribution < 1.29 is 18.0 Å². The van der Waals surface area contributed by atoms with Crippen LogP contribution in [0.3, 0.4) is 0 Å².